The van der Waals surface area contributed by atoms with Crippen molar-refractivity contribution >= 4 is 29.1 Å². The molecule has 2 heterocycles. The second-order valence-corrected chi connectivity index (χ2v) is 7.27. The Bertz CT molecular complexity index is 1090. The lowest BCUT2D eigenvalue weighted by atomic mass is 10.1. The number of rotatable bonds is 5. The molecule has 29 heavy (non-hydrogen) atoms. The standard InChI is InChI=1S/C21H22N8/c1-29(2)17-9-13-6-7-16(8-14(13)10-17)25-21-24-12-15(11-22)20(28-21)27-19-5-3-4-18(23)26-19/h3-8,12,17H,9-10H2,1-2H3,(H4,23,24,25,26,27,28). The molecule has 1 atom stereocenters. The fourth-order valence-corrected chi connectivity index (χ4v) is 3.43. The van der Waals surface area contributed by atoms with Gasteiger partial charge in [0.05, 0.1) is 6.20 Å². The number of hydrogen-bond acceptors (Lipinski definition) is 8. The van der Waals surface area contributed by atoms with Crippen molar-refractivity contribution in [3.05, 3.63) is 59.3 Å². The van der Waals surface area contributed by atoms with Gasteiger partial charge in [0.15, 0.2) is 5.82 Å². The second-order valence-electron chi connectivity index (χ2n) is 7.27. The topological polar surface area (TPSA) is 116 Å². The summed E-state index contributed by atoms with van der Waals surface area (Å²) in [4.78, 5) is 15.2. The smallest absolute Gasteiger partial charge is 0.229 e. The number of aromatic nitrogens is 3. The van der Waals surface area contributed by atoms with Crippen LogP contribution >= 0.6 is 0 Å². The number of nitrogen functional groups attached to an aromatic ring is 1. The fraction of sp³-hybridized carbons (Fsp3) is 0.238. The highest BCUT2D eigenvalue weighted by molar-refractivity contribution is 5.64. The molecular formula is C21H22N8. The van der Waals surface area contributed by atoms with Crippen LogP contribution in [-0.4, -0.2) is 40.0 Å². The SMILES string of the molecule is CN(C)C1Cc2ccc(Nc3ncc(C#N)c(Nc4cccc(N)n4)n3)cc2C1. The predicted molar refractivity (Wildman–Crippen MR) is 113 cm³/mol. The van der Waals surface area contributed by atoms with Gasteiger partial charge in [0.1, 0.15) is 23.3 Å². The van der Waals surface area contributed by atoms with E-state index in [0.29, 0.717) is 35.0 Å². The van der Waals surface area contributed by atoms with Crippen LogP contribution in [0.1, 0.15) is 16.7 Å². The van der Waals surface area contributed by atoms with Crippen LogP contribution in [0.2, 0.25) is 0 Å². The van der Waals surface area contributed by atoms with E-state index in [1.54, 1.807) is 18.2 Å². The summed E-state index contributed by atoms with van der Waals surface area (Å²) in [5.74, 6) is 1.67. The van der Waals surface area contributed by atoms with Gasteiger partial charge in [-0.05, 0) is 62.3 Å². The van der Waals surface area contributed by atoms with Crippen LogP contribution in [-0.2, 0) is 12.8 Å². The van der Waals surface area contributed by atoms with Crippen LogP contribution < -0.4 is 16.4 Å². The summed E-state index contributed by atoms with van der Waals surface area (Å²) in [6.07, 6.45) is 3.58. The Morgan fingerprint density at radius 3 is 2.69 bits per heavy atom. The summed E-state index contributed by atoms with van der Waals surface area (Å²) in [6.45, 7) is 0. The number of fused-ring (bicyclic) bond motifs is 1. The van der Waals surface area contributed by atoms with E-state index in [1.807, 2.05) is 6.07 Å². The number of nitrogens with one attached hydrogen (secondary N) is 2. The lowest BCUT2D eigenvalue weighted by molar-refractivity contribution is 0.303. The van der Waals surface area contributed by atoms with Gasteiger partial charge in [-0.3, -0.25) is 0 Å². The first kappa shape index (κ1) is 18.7. The molecule has 8 nitrogen and oxygen atoms in total. The van der Waals surface area contributed by atoms with E-state index in [4.69, 9.17) is 5.73 Å². The van der Waals surface area contributed by atoms with E-state index >= 15 is 0 Å². The summed E-state index contributed by atoms with van der Waals surface area (Å²) in [5, 5.41) is 15.6. The molecule has 3 aromatic rings. The number of hydrogen-bond donors (Lipinski definition) is 3. The van der Waals surface area contributed by atoms with Gasteiger partial charge in [0.25, 0.3) is 0 Å². The molecule has 1 unspecified atom stereocenters. The van der Waals surface area contributed by atoms with E-state index in [1.165, 1.54) is 17.3 Å². The normalized spacial score (nSPS) is 15.0. The van der Waals surface area contributed by atoms with Crippen LogP contribution in [0.4, 0.5) is 29.1 Å². The second kappa shape index (κ2) is 7.73. The van der Waals surface area contributed by atoms with Crippen molar-refractivity contribution in [3.8, 4) is 6.07 Å². The van der Waals surface area contributed by atoms with Crippen molar-refractivity contribution in [2.45, 2.75) is 18.9 Å². The summed E-state index contributed by atoms with van der Waals surface area (Å²) in [6, 6.07) is 14.2. The highest BCUT2D eigenvalue weighted by atomic mass is 15.2. The highest BCUT2D eigenvalue weighted by Gasteiger charge is 2.23. The zero-order chi connectivity index (χ0) is 20.4. The number of anilines is 5. The van der Waals surface area contributed by atoms with Gasteiger partial charge in [-0.2, -0.15) is 10.2 Å². The van der Waals surface area contributed by atoms with Gasteiger partial charge in [-0.15, -0.1) is 0 Å². The zero-order valence-corrected chi connectivity index (χ0v) is 16.3. The Labute approximate surface area is 169 Å². The molecule has 4 rings (SSSR count). The minimum absolute atomic E-state index is 0.322. The van der Waals surface area contributed by atoms with Gasteiger partial charge in [-0.1, -0.05) is 12.1 Å². The van der Waals surface area contributed by atoms with Crippen molar-refractivity contribution in [1.82, 2.24) is 19.9 Å². The molecule has 0 radical (unpaired) electrons. The van der Waals surface area contributed by atoms with Crippen molar-refractivity contribution < 1.29 is 0 Å². The van der Waals surface area contributed by atoms with Crippen molar-refractivity contribution in [3.63, 3.8) is 0 Å². The quantitative estimate of drug-likeness (QED) is 0.613. The highest BCUT2D eigenvalue weighted by Crippen LogP contribution is 2.28. The third-order valence-electron chi connectivity index (χ3n) is 5.03. The van der Waals surface area contributed by atoms with Crippen LogP contribution in [0.25, 0.3) is 0 Å². The molecule has 1 aromatic carbocycles. The molecule has 0 bridgehead atoms. The Balaban J connectivity index is 1.56. The minimum Gasteiger partial charge on any atom is -0.384 e. The molecule has 146 valence electrons. The number of nitrogens with zero attached hydrogens (tertiary/aromatic N) is 5. The third-order valence-corrected chi connectivity index (χ3v) is 5.03. The maximum Gasteiger partial charge on any atom is 0.229 e. The van der Waals surface area contributed by atoms with Gasteiger partial charge >= 0.3 is 0 Å². The molecule has 0 fully saturated rings. The first-order chi connectivity index (χ1) is 14.0. The Kier molecular flexibility index (Phi) is 4.97. The van der Waals surface area contributed by atoms with Crippen LogP contribution in [0.5, 0.6) is 0 Å². The van der Waals surface area contributed by atoms with E-state index in [0.717, 1.165) is 18.5 Å². The molecule has 0 saturated heterocycles. The molecule has 4 N–H and O–H groups in total. The molecule has 8 heteroatoms. The number of nitrogens with two attached hydrogens (primary N) is 1. The minimum atomic E-state index is 0.322. The molecule has 0 amide bonds. The van der Waals surface area contributed by atoms with Crippen LogP contribution in [0, 0.1) is 11.3 Å². The van der Waals surface area contributed by atoms with Gasteiger partial charge in [0.2, 0.25) is 5.95 Å². The lowest BCUT2D eigenvalue weighted by Gasteiger charge is -2.17. The molecule has 0 spiro atoms. The molecular weight excluding hydrogens is 364 g/mol. The average molecular weight is 386 g/mol. The van der Waals surface area contributed by atoms with Gasteiger partial charge in [-0.25, -0.2) is 9.97 Å². The first-order valence-corrected chi connectivity index (χ1v) is 9.34. The molecule has 1 aliphatic carbocycles. The molecule has 0 saturated carbocycles. The maximum absolute atomic E-state index is 9.37. The van der Waals surface area contributed by atoms with E-state index < -0.39 is 0 Å². The Morgan fingerprint density at radius 1 is 1.10 bits per heavy atom. The average Bonchev–Trinajstić information content (AvgIpc) is 3.12. The van der Waals surface area contributed by atoms with Crippen molar-refractivity contribution in [2.75, 3.05) is 30.5 Å². The molecule has 0 aliphatic heterocycles. The number of nitriles is 1. The van der Waals surface area contributed by atoms with Crippen molar-refractivity contribution in [2.24, 2.45) is 0 Å². The van der Waals surface area contributed by atoms with Gasteiger partial charge in [0, 0.05) is 11.7 Å². The zero-order valence-electron chi connectivity index (χ0n) is 16.3. The monoisotopic (exact) mass is 386 g/mol. The maximum atomic E-state index is 9.37. The Morgan fingerprint density at radius 2 is 1.93 bits per heavy atom. The van der Waals surface area contributed by atoms with E-state index in [9.17, 15) is 5.26 Å². The van der Waals surface area contributed by atoms with E-state index in [-0.39, 0.29) is 0 Å². The van der Waals surface area contributed by atoms with E-state index in [2.05, 4.69) is 62.8 Å². The van der Waals surface area contributed by atoms with Crippen LogP contribution in [0.3, 0.4) is 0 Å². The summed E-state index contributed by atoms with van der Waals surface area (Å²) in [7, 11) is 4.23. The van der Waals surface area contributed by atoms with Gasteiger partial charge < -0.3 is 21.3 Å². The first-order valence-electron chi connectivity index (χ1n) is 9.34. The molecule has 2 aromatic heterocycles. The summed E-state index contributed by atoms with van der Waals surface area (Å²) < 4.78 is 0. The summed E-state index contributed by atoms with van der Waals surface area (Å²) >= 11 is 0. The Hall–Kier alpha value is -3.70. The third kappa shape index (κ3) is 4.10. The van der Waals surface area contributed by atoms with Crippen molar-refractivity contribution in [1.29, 1.82) is 5.26 Å². The largest absolute Gasteiger partial charge is 0.384 e. The number of benzene rings is 1. The number of likely N-dealkylation sites (N-methyl/N-ethyl adjacent to an activating group) is 1. The van der Waals surface area contributed by atoms with Crippen LogP contribution in [0.15, 0.2) is 42.6 Å². The summed E-state index contributed by atoms with van der Waals surface area (Å²) in [5.41, 5.74) is 9.68. The lowest BCUT2D eigenvalue weighted by Crippen LogP contribution is -2.27. The fourth-order valence-electron chi connectivity index (χ4n) is 3.43. The number of pyridine rings is 1. The molecule has 1 aliphatic rings. The predicted octanol–water partition coefficient (Wildman–Crippen LogP) is 2.84.